The zero-order chi connectivity index (χ0) is 14.4. The third kappa shape index (κ3) is 4.12. The summed E-state index contributed by atoms with van der Waals surface area (Å²) in [5.41, 5.74) is 1.14. The van der Waals surface area contributed by atoms with Crippen molar-refractivity contribution in [3.63, 3.8) is 0 Å². The van der Waals surface area contributed by atoms with Crippen LogP contribution in [-0.2, 0) is 4.79 Å². The number of amides is 1. The molecule has 1 atom stereocenters. The summed E-state index contributed by atoms with van der Waals surface area (Å²) in [4.78, 5) is 18.9. The normalized spacial score (nSPS) is 11.9. The number of imidazole rings is 1. The van der Waals surface area contributed by atoms with Gasteiger partial charge in [0.1, 0.15) is 11.6 Å². The van der Waals surface area contributed by atoms with Crippen LogP contribution in [-0.4, -0.2) is 22.5 Å². The Morgan fingerprint density at radius 2 is 2.35 bits per heavy atom. The summed E-state index contributed by atoms with van der Waals surface area (Å²) in [7, 11) is 0. The maximum atomic E-state index is 11.8. The predicted molar refractivity (Wildman–Crippen MR) is 76.4 cm³/mol. The van der Waals surface area contributed by atoms with E-state index in [1.807, 2.05) is 38.1 Å². The van der Waals surface area contributed by atoms with E-state index in [0.717, 1.165) is 17.1 Å². The molecule has 0 aliphatic heterocycles. The summed E-state index contributed by atoms with van der Waals surface area (Å²) in [5, 5.41) is 2.87. The third-order valence-electron chi connectivity index (χ3n) is 2.89. The summed E-state index contributed by atoms with van der Waals surface area (Å²) in [5.74, 6) is 1.48. The van der Waals surface area contributed by atoms with Gasteiger partial charge in [-0.15, -0.1) is 0 Å². The Hall–Kier alpha value is -2.30. The van der Waals surface area contributed by atoms with Gasteiger partial charge in [0.05, 0.1) is 19.1 Å². The Balaban J connectivity index is 1.73. The van der Waals surface area contributed by atoms with Crippen LogP contribution in [0.3, 0.4) is 0 Å². The number of hydrogen-bond donors (Lipinski definition) is 2. The minimum absolute atomic E-state index is 0.0541. The Morgan fingerprint density at radius 3 is 3.05 bits per heavy atom. The van der Waals surface area contributed by atoms with Gasteiger partial charge < -0.3 is 15.0 Å². The Labute approximate surface area is 118 Å². The van der Waals surface area contributed by atoms with Gasteiger partial charge in [-0.05, 0) is 31.5 Å². The lowest BCUT2D eigenvalue weighted by molar-refractivity contribution is -0.122. The first-order chi connectivity index (χ1) is 9.65. The number of aromatic amines is 1. The molecule has 0 saturated heterocycles. The minimum Gasteiger partial charge on any atom is -0.493 e. The monoisotopic (exact) mass is 273 g/mol. The van der Waals surface area contributed by atoms with Gasteiger partial charge in [0, 0.05) is 12.4 Å². The van der Waals surface area contributed by atoms with Crippen LogP contribution in [0.5, 0.6) is 5.75 Å². The molecule has 0 fully saturated rings. The SMILES string of the molecule is Cc1cccc(OCCC(=O)NC(C)c2ncc[nH]2)c1. The Morgan fingerprint density at radius 1 is 1.50 bits per heavy atom. The van der Waals surface area contributed by atoms with Crippen molar-refractivity contribution in [1.29, 1.82) is 0 Å². The number of nitrogens with one attached hydrogen (secondary N) is 2. The van der Waals surface area contributed by atoms with Gasteiger partial charge in [0.15, 0.2) is 0 Å². The fourth-order valence-corrected chi connectivity index (χ4v) is 1.86. The highest BCUT2D eigenvalue weighted by atomic mass is 16.5. The lowest BCUT2D eigenvalue weighted by Crippen LogP contribution is -2.28. The van der Waals surface area contributed by atoms with E-state index in [1.165, 1.54) is 0 Å². The summed E-state index contributed by atoms with van der Waals surface area (Å²) in [6.07, 6.45) is 3.72. The number of carbonyl (C=O) groups excluding carboxylic acids is 1. The maximum absolute atomic E-state index is 11.8. The van der Waals surface area contributed by atoms with Crippen LogP contribution in [0.1, 0.15) is 30.8 Å². The van der Waals surface area contributed by atoms with Crippen molar-refractivity contribution in [2.24, 2.45) is 0 Å². The highest BCUT2D eigenvalue weighted by molar-refractivity contribution is 5.76. The van der Waals surface area contributed by atoms with Gasteiger partial charge in [-0.2, -0.15) is 0 Å². The average molecular weight is 273 g/mol. The van der Waals surface area contributed by atoms with Gasteiger partial charge in [-0.25, -0.2) is 4.98 Å². The second-order valence-corrected chi connectivity index (χ2v) is 4.68. The van der Waals surface area contributed by atoms with Crippen molar-refractivity contribution >= 4 is 5.91 Å². The topological polar surface area (TPSA) is 67.0 Å². The molecular weight excluding hydrogens is 254 g/mol. The number of carbonyl (C=O) groups is 1. The molecule has 5 nitrogen and oxygen atoms in total. The van der Waals surface area contributed by atoms with Crippen molar-refractivity contribution in [3.8, 4) is 5.75 Å². The molecule has 1 heterocycles. The molecule has 1 aromatic heterocycles. The van der Waals surface area contributed by atoms with Gasteiger partial charge in [0.25, 0.3) is 0 Å². The highest BCUT2D eigenvalue weighted by Crippen LogP contribution is 2.12. The molecule has 2 rings (SSSR count). The summed E-state index contributed by atoms with van der Waals surface area (Å²) >= 11 is 0. The maximum Gasteiger partial charge on any atom is 0.224 e. The minimum atomic E-state index is -0.128. The number of H-pyrrole nitrogens is 1. The summed E-state index contributed by atoms with van der Waals surface area (Å²) in [6.45, 7) is 4.25. The van der Waals surface area contributed by atoms with E-state index in [1.54, 1.807) is 12.4 Å². The fraction of sp³-hybridized carbons (Fsp3) is 0.333. The number of benzene rings is 1. The number of aromatic nitrogens is 2. The number of rotatable bonds is 6. The molecule has 1 aromatic carbocycles. The standard InChI is InChI=1S/C15H19N3O2/c1-11-4-3-5-13(10-11)20-9-6-14(19)18-12(2)15-16-7-8-17-15/h3-5,7-8,10,12H,6,9H2,1-2H3,(H,16,17)(H,18,19). The van der Waals surface area contributed by atoms with Crippen LogP contribution in [0, 0.1) is 6.92 Å². The molecule has 0 radical (unpaired) electrons. The molecule has 2 aromatic rings. The van der Waals surface area contributed by atoms with Crippen LogP contribution in [0.4, 0.5) is 0 Å². The van der Waals surface area contributed by atoms with Crippen LogP contribution < -0.4 is 10.1 Å². The van der Waals surface area contributed by atoms with Crippen molar-refractivity contribution in [1.82, 2.24) is 15.3 Å². The van der Waals surface area contributed by atoms with E-state index in [4.69, 9.17) is 4.74 Å². The van der Waals surface area contributed by atoms with E-state index in [2.05, 4.69) is 15.3 Å². The first-order valence-corrected chi connectivity index (χ1v) is 6.63. The smallest absolute Gasteiger partial charge is 0.224 e. The molecule has 0 spiro atoms. The molecule has 1 amide bonds. The van der Waals surface area contributed by atoms with Crippen molar-refractivity contribution in [2.75, 3.05) is 6.61 Å². The van der Waals surface area contributed by atoms with Gasteiger partial charge in [-0.1, -0.05) is 12.1 Å². The molecular formula is C15H19N3O2. The van der Waals surface area contributed by atoms with Gasteiger partial charge in [0.2, 0.25) is 5.91 Å². The Kier molecular flexibility index (Phi) is 4.76. The number of hydrogen-bond acceptors (Lipinski definition) is 3. The second kappa shape index (κ2) is 6.75. The lowest BCUT2D eigenvalue weighted by Gasteiger charge is -2.12. The molecule has 106 valence electrons. The molecule has 5 heteroatoms. The zero-order valence-electron chi connectivity index (χ0n) is 11.7. The molecule has 0 bridgehead atoms. The van der Waals surface area contributed by atoms with Crippen LogP contribution in [0.25, 0.3) is 0 Å². The average Bonchev–Trinajstić information content (AvgIpc) is 2.92. The van der Waals surface area contributed by atoms with E-state index in [-0.39, 0.29) is 11.9 Å². The molecule has 0 aliphatic rings. The molecule has 0 saturated carbocycles. The van der Waals surface area contributed by atoms with E-state index < -0.39 is 0 Å². The molecule has 1 unspecified atom stereocenters. The van der Waals surface area contributed by atoms with Crippen molar-refractivity contribution in [2.45, 2.75) is 26.3 Å². The van der Waals surface area contributed by atoms with E-state index in [9.17, 15) is 4.79 Å². The van der Waals surface area contributed by atoms with Crippen molar-refractivity contribution in [3.05, 3.63) is 48.0 Å². The summed E-state index contributed by atoms with van der Waals surface area (Å²) < 4.78 is 5.55. The Bertz CT molecular complexity index is 552. The zero-order valence-corrected chi connectivity index (χ0v) is 11.7. The third-order valence-corrected chi connectivity index (χ3v) is 2.89. The molecule has 20 heavy (non-hydrogen) atoms. The van der Waals surface area contributed by atoms with Crippen LogP contribution in [0.15, 0.2) is 36.7 Å². The number of ether oxygens (including phenoxy) is 1. The summed E-state index contributed by atoms with van der Waals surface area (Å²) in [6, 6.07) is 7.64. The second-order valence-electron chi connectivity index (χ2n) is 4.68. The van der Waals surface area contributed by atoms with Gasteiger partial charge in [-0.3, -0.25) is 4.79 Å². The van der Waals surface area contributed by atoms with E-state index in [0.29, 0.717) is 13.0 Å². The largest absolute Gasteiger partial charge is 0.493 e. The van der Waals surface area contributed by atoms with Gasteiger partial charge >= 0.3 is 0 Å². The number of nitrogens with zero attached hydrogens (tertiary/aromatic N) is 1. The quantitative estimate of drug-likeness (QED) is 0.849. The number of aryl methyl sites for hydroxylation is 1. The lowest BCUT2D eigenvalue weighted by atomic mass is 10.2. The first kappa shape index (κ1) is 14.1. The van der Waals surface area contributed by atoms with Crippen molar-refractivity contribution < 1.29 is 9.53 Å². The predicted octanol–water partition coefficient (Wildman–Crippen LogP) is 2.36. The van der Waals surface area contributed by atoms with Crippen LogP contribution >= 0.6 is 0 Å². The first-order valence-electron chi connectivity index (χ1n) is 6.63. The molecule has 0 aliphatic carbocycles. The molecule has 2 N–H and O–H groups in total. The van der Waals surface area contributed by atoms with E-state index >= 15 is 0 Å². The fourth-order valence-electron chi connectivity index (χ4n) is 1.86. The highest BCUT2D eigenvalue weighted by Gasteiger charge is 2.11. The van der Waals surface area contributed by atoms with Crippen LogP contribution in [0.2, 0.25) is 0 Å².